The van der Waals surface area contributed by atoms with E-state index >= 15 is 0 Å². The van der Waals surface area contributed by atoms with Crippen molar-refractivity contribution < 1.29 is 9.90 Å². The van der Waals surface area contributed by atoms with Crippen LogP contribution >= 0.6 is 0 Å². The van der Waals surface area contributed by atoms with Crippen molar-refractivity contribution in [2.24, 2.45) is 11.8 Å². The number of nitrogens with zero attached hydrogens (tertiary/aromatic N) is 2. The van der Waals surface area contributed by atoms with Gasteiger partial charge in [-0.2, -0.15) is 5.26 Å². The van der Waals surface area contributed by atoms with Crippen LogP contribution in [0.4, 0.5) is 0 Å². The molecule has 0 aliphatic carbocycles. The summed E-state index contributed by atoms with van der Waals surface area (Å²) in [5.41, 5.74) is 1.02. The number of aliphatic hydroxyl groups excluding tert-OH is 1. The molecule has 2 unspecified atom stereocenters. The zero-order chi connectivity index (χ0) is 15.1. The number of hydrogen-bond donors (Lipinski definition) is 1. The topological polar surface area (TPSA) is 64.3 Å². The summed E-state index contributed by atoms with van der Waals surface area (Å²) < 4.78 is 0. The lowest BCUT2D eigenvalue weighted by Crippen LogP contribution is -2.43. The molecule has 1 N–H and O–H groups in total. The van der Waals surface area contributed by atoms with Crippen molar-refractivity contribution in [3.05, 3.63) is 35.9 Å². The Kier molecular flexibility index (Phi) is 5.77. The van der Waals surface area contributed by atoms with Crippen LogP contribution < -0.4 is 0 Å². The lowest BCUT2D eigenvalue weighted by Gasteiger charge is -2.33. The number of carbonyl (C=O) groups is 1. The predicted molar refractivity (Wildman–Crippen MR) is 80.3 cm³/mol. The maximum Gasteiger partial charge on any atom is 0.240 e. The monoisotopic (exact) mass is 286 g/mol. The van der Waals surface area contributed by atoms with Crippen LogP contribution in [0.1, 0.15) is 24.8 Å². The predicted octanol–water partition coefficient (Wildman–Crippen LogP) is 1.99. The van der Waals surface area contributed by atoms with Crippen molar-refractivity contribution in [3.63, 3.8) is 0 Å². The van der Waals surface area contributed by atoms with E-state index in [4.69, 9.17) is 5.11 Å². The number of benzene rings is 1. The Morgan fingerprint density at radius 3 is 2.86 bits per heavy atom. The van der Waals surface area contributed by atoms with E-state index in [9.17, 15) is 10.1 Å². The van der Waals surface area contributed by atoms with Crippen LogP contribution in [0.25, 0.3) is 0 Å². The number of aliphatic hydroxyl groups is 1. The van der Waals surface area contributed by atoms with Gasteiger partial charge in [-0.05, 0) is 37.2 Å². The molecule has 1 heterocycles. The summed E-state index contributed by atoms with van der Waals surface area (Å²) in [6.45, 7) is 1.57. The standard InChI is InChI=1S/C17H22N2O2/c18-12-16(11-14-5-2-1-3-6-14)17(21)19-9-4-7-15(13-19)8-10-20/h1-3,5-6,15-16,20H,4,7-11,13H2. The first kappa shape index (κ1) is 15.5. The van der Waals surface area contributed by atoms with Gasteiger partial charge >= 0.3 is 0 Å². The number of likely N-dealkylation sites (tertiary alicyclic amines) is 1. The summed E-state index contributed by atoms with van der Waals surface area (Å²) in [6, 6.07) is 11.8. The minimum atomic E-state index is -0.611. The van der Waals surface area contributed by atoms with Gasteiger partial charge in [-0.3, -0.25) is 4.79 Å². The Labute approximate surface area is 126 Å². The van der Waals surface area contributed by atoms with Crippen LogP contribution in [-0.2, 0) is 11.2 Å². The average Bonchev–Trinajstić information content (AvgIpc) is 2.53. The van der Waals surface area contributed by atoms with Crippen molar-refractivity contribution in [3.8, 4) is 6.07 Å². The molecule has 1 fully saturated rings. The summed E-state index contributed by atoms with van der Waals surface area (Å²) in [4.78, 5) is 14.3. The maximum atomic E-state index is 12.5. The second kappa shape index (κ2) is 7.80. The third-order valence-corrected chi connectivity index (χ3v) is 4.10. The first-order valence-corrected chi connectivity index (χ1v) is 7.57. The van der Waals surface area contributed by atoms with Crippen molar-refractivity contribution in [2.45, 2.75) is 25.7 Å². The molecule has 0 bridgehead atoms. The zero-order valence-electron chi connectivity index (χ0n) is 12.2. The molecule has 1 aromatic carbocycles. The molecule has 2 rings (SSSR count). The molecule has 2 atom stereocenters. The van der Waals surface area contributed by atoms with E-state index in [1.165, 1.54) is 0 Å². The second-order valence-electron chi connectivity index (χ2n) is 5.68. The van der Waals surface area contributed by atoms with Crippen molar-refractivity contribution >= 4 is 5.91 Å². The third kappa shape index (κ3) is 4.30. The quantitative estimate of drug-likeness (QED) is 0.900. The number of carbonyl (C=O) groups excluding carboxylic acids is 1. The summed E-state index contributed by atoms with van der Waals surface area (Å²) in [5, 5.41) is 18.4. The summed E-state index contributed by atoms with van der Waals surface area (Å²) in [6.07, 6.45) is 3.22. The maximum absolute atomic E-state index is 12.5. The largest absolute Gasteiger partial charge is 0.396 e. The minimum Gasteiger partial charge on any atom is -0.396 e. The molecule has 4 heteroatoms. The van der Waals surface area contributed by atoms with Gasteiger partial charge in [-0.1, -0.05) is 30.3 Å². The first-order chi connectivity index (χ1) is 10.2. The fourth-order valence-corrected chi connectivity index (χ4v) is 2.94. The van der Waals surface area contributed by atoms with E-state index < -0.39 is 5.92 Å². The Morgan fingerprint density at radius 1 is 1.43 bits per heavy atom. The molecule has 1 saturated heterocycles. The van der Waals surface area contributed by atoms with E-state index in [0.717, 1.165) is 31.4 Å². The van der Waals surface area contributed by atoms with Gasteiger partial charge in [-0.15, -0.1) is 0 Å². The molecule has 0 saturated carbocycles. The van der Waals surface area contributed by atoms with Crippen LogP contribution in [0.15, 0.2) is 30.3 Å². The molecule has 0 radical (unpaired) electrons. The smallest absolute Gasteiger partial charge is 0.240 e. The van der Waals surface area contributed by atoms with E-state index in [-0.39, 0.29) is 12.5 Å². The molecule has 1 aliphatic heterocycles. The summed E-state index contributed by atoms with van der Waals surface area (Å²) >= 11 is 0. The van der Waals surface area contributed by atoms with Crippen molar-refractivity contribution in [1.29, 1.82) is 5.26 Å². The Morgan fingerprint density at radius 2 is 2.19 bits per heavy atom. The Hall–Kier alpha value is -1.86. The summed E-state index contributed by atoms with van der Waals surface area (Å²) in [5.74, 6) is -0.312. The molecule has 0 spiro atoms. The zero-order valence-corrected chi connectivity index (χ0v) is 12.2. The first-order valence-electron chi connectivity index (χ1n) is 7.57. The molecule has 1 aliphatic rings. The van der Waals surface area contributed by atoms with Gasteiger partial charge in [-0.25, -0.2) is 0 Å². The number of piperidine rings is 1. The van der Waals surface area contributed by atoms with E-state index in [1.54, 1.807) is 4.90 Å². The Bertz CT molecular complexity index is 493. The highest BCUT2D eigenvalue weighted by Crippen LogP contribution is 2.21. The highest BCUT2D eigenvalue weighted by Gasteiger charge is 2.28. The van der Waals surface area contributed by atoms with Crippen LogP contribution in [0.5, 0.6) is 0 Å². The molecule has 1 aromatic rings. The average molecular weight is 286 g/mol. The van der Waals surface area contributed by atoms with Gasteiger partial charge in [0.25, 0.3) is 0 Å². The highest BCUT2D eigenvalue weighted by molar-refractivity contribution is 5.81. The second-order valence-corrected chi connectivity index (χ2v) is 5.68. The Balaban J connectivity index is 1.98. The molecule has 1 amide bonds. The van der Waals surface area contributed by atoms with Gasteiger partial charge in [0.1, 0.15) is 5.92 Å². The van der Waals surface area contributed by atoms with Gasteiger partial charge in [0.2, 0.25) is 5.91 Å². The molecular weight excluding hydrogens is 264 g/mol. The minimum absolute atomic E-state index is 0.0657. The van der Waals surface area contributed by atoms with E-state index in [1.807, 2.05) is 30.3 Å². The normalized spacial score (nSPS) is 19.8. The fraction of sp³-hybridized carbons (Fsp3) is 0.529. The number of rotatable bonds is 5. The van der Waals surface area contributed by atoms with Gasteiger partial charge in [0.15, 0.2) is 0 Å². The van der Waals surface area contributed by atoms with Crippen LogP contribution in [0, 0.1) is 23.2 Å². The molecule has 21 heavy (non-hydrogen) atoms. The van der Waals surface area contributed by atoms with Gasteiger partial charge in [0.05, 0.1) is 6.07 Å². The molecule has 0 aromatic heterocycles. The van der Waals surface area contributed by atoms with Crippen molar-refractivity contribution in [2.75, 3.05) is 19.7 Å². The van der Waals surface area contributed by atoms with Crippen LogP contribution in [0.3, 0.4) is 0 Å². The van der Waals surface area contributed by atoms with Gasteiger partial charge in [0, 0.05) is 19.7 Å². The van der Waals surface area contributed by atoms with Crippen LogP contribution in [-0.4, -0.2) is 35.6 Å². The van der Waals surface area contributed by atoms with Crippen molar-refractivity contribution in [1.82, 2.24) is 4.90 Å². The van der Waals surface area contributed by atoms with Gasteiger partial charge < -0.3 is 10.0 Å². The van der Waals surface area contributed by atoms with Crippen LogP contribution in [0.2, 0.25) is 0 Å². The number of hydrogen-bond acceptors (Lipinski definition) is 3. The van der Waals surface area contributed by atoms with E-state index in [2.05, 4.69) is 6.07 Å². The molecular formula is C17H22N2O2. The highest BCUT2D eigenvalue weighted by atomic mass is 16.3. The number of amides is 1. The SMILES string of the molecule is N#CC(Cc1ccccc1)C(=O)N1CCCC(CCO)C1. The fourth-order valence-electron chi connectivity index (χ4n) is 2.94. The van der Waals surface area contributed by atoms with E-state index in [0.29, 0.717) is 18.9 Å². The third-order valence-electron chi connectivity index (χ3n) is 4.10. The summed E-state index contributed by atoms with van der Waals surface area (Å²) in [7, 11) is 0. The lowest BCUT2D eigenvalue weighted by molar-refractivity contribution is -0.135. The molecule has 112 valence electrons. The molecule has 4 nitrogen and oxygen atoms in total. The lowest BCUT2D eigenvalue weighted by atomic mass is 9.93. The number of nitriles is 1.